The molecule has 2 aromatic carbocycles. The number of aromatic nitrogens is 2. The summed E-state index contributed by atoms with van der Waals surface area (Å²) in [5.41, 5.74) is 1.19. The van der Waals surface area contributed by atoms with Crippen LogP contribution in [0.25, 0.3) is 0 Å². The number of aryl methyl sites for hydroxylation is 1. The topological polar surface area (TPSA) is 46.9 Å². The first kappa shape index (κ1) is 16.2. The lowest BCUT2D eigenvalue weighted by atomic mass is 10.1. The number of hydrogen-bond donors (Lipinski definition) is 1. The molecule has 0 aliphatic rings. The molecule has 24 heavy (non-hydrogen) atoms. The lowest BCUT2D eigenvalue weighted by molar-refractivity contribution is 0.0941. The Morgan fingerprint density at radius 1 is 1.25 bits per heavy atom. The first-order valence-electron chi connectivity index (χ1n) is 7.34. The minimum Gasteiger partial charge on any atom is -0.338 e. The van der Waals surface area contributed by atoms with Crippen molar-refractivity contribution in [3.63, 3.8) is 0 Å². The zero-order valence-corrected chi connectivity index (χ0v) is 13.7. The van der Waals surface area contributed by atoms with Crippen LogP contribution in [0, 0.1) is 5.82 Å². The predicted molar refractivity (Wildman–Crippen MR) is 90.4 cm³/mol. The molecule has 1 N–H and O–H groups in total. The van der Waals surface area contributed by atoms with Gasteiger partial charge in [-0.2, -0.15) is 0 Å². The van der Waals surface area contributed by atoms with Crippen molar-refractivity contribution in [2.24, 2.45) is 7.05 Å². The number of imidazole rings is 1. The molecular weight excluding hydrogens is 329 g/mol. The molecule has 1 unspecified atom stereocenters. The second-order valence-corrected chi connectivity index (χ2v) is 5.80. The van der Waals surface area contributed by atoms with E-state index >= 15 is 0 Å². The van der Waals surface area contributed by atoms with E-state index in [0.717, 1.165) is 5.56 Å². The molecule has 6 heteroatoms. The Bertz CT molecular complexity index is 861. The average Bonchev–Trinajstić information content (AvgIpc) is 2.99. The lowest BCUT2D eigenvalue weighted by Crippen LogP contribution is -2.31. The van der Waals surface area contributed by atoms with E-state index in [-0.39, 0.29) is 11.7 Å². The van der Waals surface area contributed by atoms with E-state index in [1.807, 2.05) is 23.7 Å². The van der Waals surface area contributed by atoms with Crippen LogP contribution >= 0.6 is 11.6 Å². The van der Waals surface area contributed by atoms with Crippen LogP contribution in [0.1, 0.15) is 27.8 Å². The molecule has 0 fully saturated rings. The number of benzene rings is 2. The maximum Gasteiger partial charge on any atom is 0.252 e. The Morgan fingerprint density at radius 3 is 2.62 bits per heavy atom. The Balaban J connectivity index is 1.95. The zero-order valence-electron chi connectivity index (χ0n) is 12.9. The summed E-state index contributed by atoms with van der Waals surface area (Å²) in [6.45, 7) is 0. The molecule has 4 nitrogen and oxygen atoms in total. The van der Waals surface area contributed by atoms with Gasteiger partial charge in [0.2, 0.25) is 0 Å². The standard InChI is InChI=1S/C18H15ClFN3O/c1-23-10-9-21-17(23)16(13-3-2-4-14(19)11-13)22-18(24)12-5-7-15(20)8-6-12/h2-11,16H,1H3,(H,22,24). The van der Waals surface area contributed by atoms with Crippen LogP contribution in [-0.2, 0) is 7.05 Å². The van der Waals surface area contributed by atoms with Crippen molar-refractivity contribution in [3.8, 4) is 0 Å². The fraction of sp³-hybridized carbons (Fsp3) is 0.111. The smallest absolute Gasteiger partial charge is 0.252 e. The molecule has 1 amide bonds. The molecule has 3 aromatic rings. The van der Waals surface area contributed by atoms with E-state index in [1.165, 1.54) is 24.3 Å². The van der Waals surface area contributed by atoms with Gasteiger partial charge >= 0.3 is 0 Å². The number of carbonyl (C=O) groups excluding carboxylic acids is 1. The van der Waals surface area contributed by atoms with Gasteiger partial charge in [0.25, 0.3) is 5.91 Å². The Kier molecular flexibility index (Phi) is 4.62. The second-order valence-electron chi connectivity index (χ2n) is 5.36. The van der Waals surface area contributed by atoms with Crippen LogP contribution < -0.4 is 5.32 Å². The third-order valence-electron chi connectivity index (χ3n) is 3.68. The van der Waals surface area contributed by atoms with Gasteiger partial charge < -0.3 is 9.88 Å². The molecule has 122 valence electrons. The van der Waals surface area contributed by atoms with Gasteiger partial charge in [-0.1, -0.05) is 23.7 Å². The van der Waals surface area contributed by atoms with Gasteiger partial charge in [-0.25, -0.2) is 9.37 Å². The number of nitrogens with zero attached hydrogens (tertiary/aromatic N) is 2. The molecule has 1 atom stereocenters. The summed E-state index contributed by atoms with van der Waals surface area (Å²) >= 11 is 6.08. The highest BCUT2D eigenvalue weighted by atomic mass is 35.5. The van der Waals surface area contributed by atoms with Crippen molar-refractivity contribution in [2.45, 2.75) is 6.04 Å². The maximum atomic E-state index is 13.0. The highest BCUT2D eigenvalue weighted by Gasteiger charge is 2.21. The van der Waals surface area contributed by atoms with Gasteiger partial charge in [0.1, 0.15) is 17.7 Å². The first-order chi connectivity index (χ1) is 11.5. The van der Waals surface area contributed by atoms with Crippen LogP contribution in [0.3, 0.4) is 0 Å². The number of nitrogens with one attached hydrogen (secondary N) is 1. The van der Waals surface area contributed by atoms with E-state index in [1.54, 1.807) is 24.5 Å². The van der Waals surface area contributed by atoms with Crippen LogP contribution in [-0.4, -0.2) is 15.5 Å². The molecule has 3 rings (SSSR count). The normalized spacial score (nSPS) is 12.0. The van der Waals surface area contributed by atoms with Gasteiger partial charge in [0.15, 0.2) is 0 Å². The number of amides is 1. The molecule has 0 spiro atoms. The molecular formula is C18H15ClFN3O. The van der Waals surface area contributed by atoms with Crippen LogP contribution in [0.2, 0.25) is 5.02 Å². The highest BCUT2D eigenvalue weighted by molar-refractivity contribution is 6.30. The second kappa shape index (κ2) is 6.84. The van der Waals surface area contributed by atoms with E-state index in [9.17, 15) is 9.18 Å². The summed E-state index contributed by atoms with van der Waals surface area (Å²) in [7, 11) is 1.85. The largest absolute Gasteiger partial charge is 0.338 e. The summed E-state index contributed by atoms with van der Waals surface area (Å²) in [5, 5.41) is 3.51. The molecule has 1 aromatic heterocycles. The molecule has 1 heterocycles. The summed E-state index contributed by atoms with van der Waals surface area (Å²) in [5.74, 6) is -0.0299. The Labute approximate surface area is 143 Å². The van der Waals surface area contributed by atoms with E-state index in [4.69, 9.17) is 11.6 Å². The minimum atomic E-state index is -0.471. The van der Waals surface area contributed by atoms with Crippen LogP contribution in [0.4, 0.5) is 4.39 Å². The highest BCUT2D eigenvalue weighted by Crippen LogP contribution is 2.23. The SMILES string of the molecule is Cn1ccnc1C(NC(=O)c1ccc(F)cc1)c1cccc(Cl)c1. The van der Waals surface area contributed by atoms with Gasteiger partial charge in [-0.15, -0.1) is 0 Å². The van der Waals surface area contributed by atoms with Gasteiger partial charge in [0.05, 0.1) is 0 Å². The zero-order chi connectivity index (χ0) is 17.1. The average molecular weight is 344 g/mol. The molecule has 0 saturated carbocycles. The van der Waals surface area contributed by atoms with Crippen molar-refractivity contribution in [1.29, 1.82) is 0 Å². The number of hydrogen-bond acceptors (Lipinski definition) is 2. The Hall–Kier alpha value is -2.66. The Morgan fingerprint density at radius 2 is 2.00 bits per heavy atom. The molecule has 0 saturated heterocycles. The van der Waals surface area contributed by atoms with E-state index < -0.39 is 6.04 Å². The molecule has 0 aliphatic heterocycles. The minimum absolute atomic E-state index is 0.317. The lowest BCUT2D eigenvalue weighted by Gasteiger charge is -2.19. The van der Waals surface area contributed by atoms with E-state index in [2.05, 4.69) is 10.3 Å². The summed E-state index contributed by atoms with van der Waals surface area (Å²) in [4.78, 5) is 16.9. The van der Waals surface area contributed by atoms with Crippen LogP contribution in [0.15, 0.2) is 60.9 Å². The summed E-state index contributed by atoms with van der Waals surface area (Å²) in [6.07, 6.45) is 3.47. The number of halogens is 2. The third-order valence-corrected chi connectivity index (χ3v) is 3.92. The molecule has 0 bridgehead atoms. The molecule has 0 aliphatic carbocycles. The summed E-state index contributed by atoms with van der Waals surface area (Å²) < 4.78 is 14.9. The third kappa shape index (κ3) is 3.46. The predicted octanol–water partition coefficient (Wildman–Crippen LogP) is 3.73. The summed E-state index contributed by atoms with van der Waals surface area (Å²) in [6, 6.07) is 12.2. The molecule has 0 radical (unpaired) electrons. The number of carbonyl (C=O) groups is 1. The fourth-order valence-electron chi connectivity index (χ4n) is 2.45. The number of rotatable bonds is 4. The van der Waals surface area contributed by atoms with Crippen molar-refractivity contribution in [2.75, 3.05) is 0 Å². The fourth-order valence-corrected chi connectivity index (χ4v) is 2.65. The van der Waals surface area contributed by atoms with Crippen molar-refractivity contribution < 1.29 is 9.18 Å². The monoisotopic (exact) mass is 343 g/mol. The van der Waals surface area contributed by atoms with Crippen molar-refractivity contribution >= 4 is 17.5 Å². The van der Waals surface area contributed by atoms with Crippen molar-refractivity contribution in [3.05, 3.63) is 88.7 Å². The maximum absolute atomic E-state index is 13.0. The van der Waals surface area contributed by atoms with Crippen LogP contribution in [0.5, 0.6) is 0 Å². The van der Waals surface area contributed by atoms with Gasteiger partial charge in [0, 0.05) is 30.0 Å². The van der Waals surface area contributed by atoms with E-state index in [0.29, 0.717) is 16.4 Å². The van der Waals surface area contributed by atoms with Gasteiger partial charge in [-0.05, 0) is 42.0 Å². The van der Waals surface area contributed by atoms with Gasteiger partial charge in [-0.3, -0.25) is 4.79 Å². The first-order valence-corrected chi connectivity index (χ1v) is 7.71. The quantitative estimate of drug-likeness (QED) is 0.784. The van der Waals surface area contributed by atoms with Crippen molar-refractivity contribution in [1.82, 2.24) is 14.9 Å².